The highest BCUT2D eigenvalue weighted by Crippen LogP contribution is 2.49. The topological polar surface area (TPSA) is 25.4 Å². The lowest BCUT2D eigenvalue weighted by Crippen LogP contribution is -2.44. The maximum atomic E-state index is 5.70. The molecule has 0 atom stereocenters. The summed E-state index contributed by atoms with van der Waals surface area (Å²) in [5.41, 5.74) is 2.00. The minimum absolute atomic E-state index is 0.546. The molecule has 3 heteroatoms. The lowest BCUT2D eigenvalue weighted by atomic mass is 9.66. The van der Waals surface area contributed by atoms with E-state index < -0.39 is 0 Å². The molecule has 104 valence electrons. The first kappa shape index (κ1) is 13.1. The van der Waals surface area contributed by atoms with Crippen LogP contribution in [-0.4, -0.2) is 42.2 Å². The largest absolute Gasteiger partial charge is 0.378 e. The molecule has 0 N–H and O–H groups in total. The van der Waals surface area contributed by atoms with Crippen molar-refractivity contribution in [3.63, 3.8) is 0 Å². The third kappa shape index (κ3) is 2.98. The Kier molecular flexibility index (Phi) is 3.85. The molecule has 1 aliphatic heterocycles. The van der Waals surface area contributed by atoms with Crippen LogP contribution in [0.3, 0.4) is 0 Å². The zero-order valence-electron chi connectivity index (χ0n) is 11.8. The van der Waals surface area contributed by atoms with E-state index in [-0.39, 0.29) is 0 Å². The van der Waals surface area contributed by atoms with Gasteiger partial charge >= 0.3 is 0 Å². The lowest BCUT2D eigenvalue weighted by Gasteiger charge is -2.44. The van der Waals surface area contributed by atoms with Gasteiger partial charge in [-0.15, -0.1) is 0 Å². The van der Waals surface area contributed by atoms with Crippen LogP contribution in [0.2, 0.25) is 0 Å². The summed E-state index contributed by atoms with van der Waals surface area (Å²) in [5.74, 6) is 0. The summed E-state index contributed by atoms with van der Waals surface area (Å²) in [4.78, 5) is 6.70. The van der Waals surface area contributed by atoms with E-state index in [0.717, 1.165) is 13.0 Å². The third-order valence-electron chi connectivity index (χ3n) is 4.71. The van der Waals surface area contributed by atoms with E-state index in [2.05, 4.69) is 28.9 Å². The Bertz CT molecular complexity index is 400. The van der Waals surface area contributed by atoms with Crippen LogP contribution in [0, 0.1) is 5.41 Å². The summed E-state index contributed by atoms with van der Waals surface area (Å²) >= 11 is 0. The van der Waals surface area contributed by atoms with E-state index in [1.54, 1.807) is 0 Å². The van der Waals surface area contributed by atoms with Crippen LogP contribution in [0.25, 0.3) is 0 Å². The summed E-state index contributed by atoms with van der Waals surface area (Å²) in [6, 6.07) is 4.25. The fourth-order valence-corrected chi connectivity index (χ4v) is 3.65. The number of aromatic nitrogens is 1. The van der Waals surface area contributed by atoms with Crippen molar-refractivity contribution in [1.29, 1.82) is 0 Å². The smallest absolute Gasteiger partial charge is 0.0586 e. The molecule has 1 saturated heterocycles. The van der Waals surface area contributed by atoms with Crippen molar-refractivity contribution in [2.45, 2.75) is 38.7 Å². The summed E-state index contributed by atoms with van der Waals surface area (Å²) < 4.78 is 5.70. The van der Waals surface area contributed by atoms with Gasteiger partial charge in [-0.3, -0.25) is 4.98 Å². The Balaban J connectivity index is 1.43. The maximum Gasteiger partial charge on any atom is 0.0586 e. The zero-order chi connectivity index (χ0) is 13.1. The van der Waals surface area contributed by atoms with Crippen LogP contribution in [0.5, 0.6) is 0 Å². The molecule has 0 radical (unpaired) electrons. The minimum atomic E-state index is 0.546. The number of nitrogens with zero attached hydrogens (tertiary/aromatic N) is 2. The molecular formula is C16H24N2O. The van der Waals surface area contributed by atoms with Gasteiger partial charge in [-0.05, 0) is 62.3 Å². The van der Waals surface area contributed by atoms with Gasteiger partial charge in [0.1, 0.15) is 0 Å². The molecule has 0 amide bonds. The molecule has 1 spiro atoms. The first-order valence-corrected chi connectivity index (χ1v) is 7.52. The molecule has 1 saturated carbocycles. The summed E-state index contributed by atoms with van der Waals surface area (Å²) in [6.07, 6.45) is 9.41. The van der Waals surface area contributed by atoms with E-state index >= 15 is 0 Å². The molecule has 0 unspecified atom stereocenters. The molecule has 2 heterocycles. The summed E-state index contributed by atoms with van der Waals surface area (Å²) in [7, 11) is 0. The molecule has 3 nitrogen and oxygen atoms in total. The fraction of sp³-hybridized carbons (Fsp3) is 0.688. The average Bonchev–Trinajstić information content (AvgIpc) is 2.82. The molecule has 19 heavy (non-hydrogen) atoms. The number of pyridine rings is 1. The SMILES string of the molecule is CCOC1CC2(CCN(CCc3ccncc3)C2)C1. The Morgan fingerprint density at radius 3 is 2.89 bits per heavy atom. The maximum absolute atomic E-state index is 5.70. The minimum Gasteiger partial charge on any atom is -0.378 e. The van der Waals surface area contributed by atoms with Gasteiger partial charge < -0.3 is 9.64 Å². The van der Waals surface area contributed by atoms with E-state index in [4.69, 9.17) is 4.74 Å². The van der Waals surface area contributed by atoms with E-state index in [1.807, 2.05) is 12.4 Å². The normalized spacial score (nSPS) is 30.7. The second-order valence-corrected chi connectivity index (χ2v) is 6.12. The van der Waals surface area contributed by atoms with Gasteiger partial charge in [0, 0.05) is 32.1 Å². The average molecular weight is 260 g/mol. The van der Waals surface area contributed by atoms with Gasteiger partial charge in [0.05, 0.1) is 6.10 Å². The Morgan fingerprint density at radius 2 is 2.16 bits per heavy atom. The monoisotopic (exact) mass is 260 g/mol. The van der Waals surface area contributed by atoms with Crippen LogP contribution in [-0.2, 0) is 11.2 Å². The highest BCUT2D eigenvalue weighted by molar-refractivity contribution is 5.10. The first-order chi connectivity index (χ1) is 9.30. The number of hydrogen-bond acceptors (Lipinski definition) is 3. The second-order valence-electron chi connectivity index (χ2n) is 6.12. The van der Waals surface area contributed by atoms with Gasteiger partial charge in [0.2, 0.25) is 0 Å². The molecule has 3 rings (SSSR count). The van der Waals surface area contributed by atoms with Crippen molar-refractivity contribution < 1.29 is 4.74 Å². The molecule has 2 aliphatic rings. The van der Waals surface area contributed by atoms with Crippen molar-refractivity contribution in [2.24, 2.45) is 5.41 Å². The van der Waals surface area contributed by atoms with Gasteiger partial charge in [-0.1, -0.05) is 0 Å². The van der Waals surface area contributed by atoms with Crippen LogP contribution in [0.15, 0.2) is 24.5 Å². The standard InChI is InChI=1S/C16H24N2O/c1-2-19-15-11-16(12-15)6-10-18(13-16)9-5-14-3-7-17-8-4-14/h3-4,7-8,15H,2,5-6,9-13H2,1H3. The zero-order valence-corrected chi connectivity index (χ0v) is 11.8. The number of likely N-dealkylation sites (tertiary alicyclic amines) is 1. The van der Waals surface area contributed by atoms with Crippen molar-refractivity contribution >= 4 is 0 Å². The number of rotatable bonds is 5. The van der Waals surface area contributed by atoms with Gasteiger partial charge in [0.25, 0.3) is 0 Å². The Morgan fingerprint density at radius 1 is 1.37 bits per heavy atom. The molecule has 1 aromatic heterocycles. The van der Waals surface area contributed by atoms with E-state index in [0.29, 0.717) is 11.5 Å². The number of hydrogen-bond donors (Lipinski definition) is 0. The van der Waals surface area contributed by atoms with Crippen LogP contribution >= 0.6 is 0 Å². The molecular weight excluding hydrogens is 236 g/mol. The van der Waals surface area contributed by atoms with E-state index in [9.17, 15) is 0 Å². The Labute approximate surface area is 116 Å². The van der Waals surface area contributed by atoms with Crippen LogP contribution in [0.1, 0.15) is 31.7 Å². The van der Waals surface area contributed by atoms with Crippen LogP contribution < -0.4 is 0 Å². The molecule has 2 fully saturated rings. The van der Waals surface area contributed by atoms with Crippen molar-refractivity contribution in [3.05, 3.63) is 30.1 Å². The predicted octanol–water partition coefficient (Wildman–Crippen LogP) is 2.52. The molecule has 0 bridgehead atoms. The summed E-state index contributed by atoms with van der Waals surface area (Å²) in [6.45, 7) is 6.70. The van der Waals surface area contributed by atoms with Crippen LogP contribution in [0.4, 0.5) is 0 Å². The molecule has 1 aliphatic carbocycles. The quantitative estimate of drug-likeness (QED) is 0.813. The second kappa shape index (κ2) is 5.59. The summed E-state index contributed by atoms with van der Waals surface area (Å²) in [5, 5.41) is 0. The van der Waals surface area contributed by atoms with Crippen molar-refractivity contribution in [3.8, 4) is 0 Å². The van der Waals surface area contributed by atoms with Gasteiger partial charge in [0.15, 0.2) is 0 Å². The highest BCUT2D eigenvalue weighted by Gasteiger charge is 2.48. The van der Waals surface area contributed by atoms with Gasteiger partial charge in [-0.25, -0.2) is 0 Å². The first-order valence-electron chi connectivity index (χ1n) is 7.52. The van der Waals surface area contributed by atoms with E-state index in [1.165, 1.54) is 44.5 Å². The van der Waals surface area contributed by atoms with Crippen molar-refractivity contribution in [1.82, 2.24) is 9.88 Å². The highest BCUT2D eigenvalue weighted by atomic mass is 16.5. The fourth-order valence-electron chi connectivity index (χ4n) is 3.65. The Hall–Kier alpha value is -0.930. The lowest BCUT2D eigenvalue weighted by molar-refractivity contribution is -0.0715. The predicted molar refractivity (Wildman–Crippen MR) is 76.1 cm³/mol. The van der Waals surface area contributed by atoms with Crippen molar-refractivity contribution in [2.75, 3.05) is 26.2 Å². The third-order valence-corrected chi connectivity index (χ3v) is 4.71. The molecule has 1 aromatic rings. The molecule has 0 aromatic carbocycles. The van der Waals surface area contributed by atoms with Gasteiger partial charge in [-0.2, -0.15) is 0 Å². The number of ether oxygens (including phenoxy) is 1.